The van der Waals surface area contributed by atoms with Crippen molar-refractivity contribution in [1.82, 2.24) is 4.72 Å². The van der Waals surface area contributed by atoms with Gasteiger partial charge in [-0.2, -0.15) is 0 Å². The average molecular weight is 386 g/mol. The van der Waals surface area contributed by atoms with E-state index in [1.165, 1.54) is 19.2 Å². The first-order chi connectivity index (χ1) is 10.5. The van der Waals surface area contributed by atoms with Crippen molar-refractivity contribution < 1.29 is 17.9 Å². The molecule has 2 rings (SSSR count). The largest absolute Gasteiger partial charge is 0.497 e. The molecular weight excluding hydrogens is 370 g/mol. The standard InChI is InChI=1S/C15H16BrNO4S/c1-20-13-5-7-15(8-6-13)22(18,19)17-9-10-21-14-4-2-3-12(16)11-14/h2-8,11,17H,9-10H2,1H3. The fraction of sp³-hybridized carbons (Fsp3) is 0.200. The molecule has 0 bridgehead atoms. The molecule has 0 aromatic heterocycles. The van der Waals surface area contributed by atoms with Crippen LogP contribution in [-0.4, -0.2) is 28.7 Å². The van der Waals surface area contributed by atoms with Gasteiger partial charge in [-0.25, -0.2) is 13.1 Å². The second-order valence-corrected chi connectivity index (χ2v) is 7.06. The van der Waals surface area contributed by atoms with Crippen LogP contribution in [0.5, 0.6) is 11.5 Å². The molecule has 2 aromatic rings. The van der Waals surface area contributed by atoms with E-state index in [0.29, 0.717) is 11.5 Å². The Kier molecular flexibility index (Phi) is 5.82. The Bertz CT molecular complexity index is 717. The summed E-state index contributed by atoms with van der Waals surface area (Å²) in [5.74, 6) is 1.29. The molecule has 0 unspecified atom stereocenters. The first-order valence-electron chi connectivity index (χ1n) is 6.53. The highest BCUT2D eigenvalue weighted by atomic mass is 79.9. The van der Waals surface area contributed by atoms with Crippen LogP contribution in [-0.2, 0) is 10.0 Å². The number of nitrogens with one attached hydrogen (secondary N) is 1. The summed E-state index contributed by atoms with van der Waals surface area (Å²) in [5.41, 5.74) is 0. The topological polar surface area (TPSA) is 64.6 Å². The van der Waals surface area contributed by atoms with E-state index >= 15 is 0 Å². The first kappa shape index (κ1) is 16.8. The van der Waals surface area contributed by atoms with Crippen molar-refractivity contribution in [3.8, 4) is 11.5 Å². The normalized spacial score (nSPS) is 11.2. The molecule has 0 atom stereocenters. The van der Waals surface area contributed by atoms with Crippen molar-refractivity contribution in [2.45, 2.75) is 4.90 Å². The lowest BCUT2D eigenvalue weighted by Crippen LogP contribution is -2.28. The van der Waals surface area contributed by atoms with Gasteiger partial charge in [0.15, 0.2) is 0 Å². The molecular formula is C15H16BrNO4S. The molecule has 0 aliphatic heterocycles. The molecule has 0 radical (unpaired) electrons. The van der Waals surface area contributed by atoms with E-state index in [-0.39, 0.29) is 18.0 Å². The van der Waals surface area contributed by atoms with Crippen LogP contribution in [0.25, 0.3) is 0 Å². The maximum Gasteiger partial charge on any atom is 0.240 e. The number of sulfonamides is 1. The molecule has 22 heavy (non-hydrogen) atoms. The van der Waals surface area contributed by atoms with Gasteiger partial charge in [0.2, 0.25) is 10.0 Å². The Morgan fingerprint density at radius 3 is 2.45 bits per heavy atom. The number of methoxy groups -OCH3 is 1. The molecule has 0 spiro atoms. The summed E-state index contributed by atoms with van der Waals surface area (Å²) in [6, 6.07) is 13.6. The van der Waals surface area contributed by atoms with Crippen molar-refractivity contribution in [2.75, 3.05) is 20.3 Å². The van der Waals surface area contributed by atoms with Crippen molar-refractivity contribution in [1.29, 1.82) is 0 Å². The minimum absolute atomic E-state index is 0.181. The fourth-order valence-corrected chi connectivity index (χ4v) is 3.13. The Hall–Kier alpha value is -1.57. The molecule has 0 fully saturated rings. The van der Waals surface area contributed by atoms with Crippen LogP contribution in [0.2, 0.25) is 0 Å². The quantitative estimate of drug-likeness (QED) is 0.744. The van der Waals surface area contributed by atoms with Crippen LogP contribution < -0.4 is 14.2 Å². The zero-order valence-corrected chi connectivity index (χ0v) is 14.4. The summed E-state index contributed by atoms with van der Waals surface area (Å²) in [7, 11) is -2.01. The summed E-state index contributed by atoms with van der Waals surface area (Å²) in [6.07, 6.45) is 0. The van der Waals surface area contributed by atoms with Crippen LogP contribution in [0.1, 0.15) is 0 Å². The number of halogens is 1. The fourth-order valence-electron chi connectivity index (χ4n) is 1.74. The third kappa shape index (κ3) is 4.72. The van der Waals surface area contributed by atoms with Crippen molar-refractivity contribution in [3.05, 3.63) is 53.0 Å². The highest BCUT2D eigenvalue weighted by Gasteiger charge is 2.13. The van der Waals surface area contributed by atoms with Crippen molar-refractivity contribution in [2.24, 2.45) is 0 Å². The molecule has 0 amide bonds. The number of rotatable bonds is 7. The predicted octanol–water partition coefficient (Wildman–Crippen LogP) is 2.82. The van der Waals surface area contributed by atoms with Crippen LogP contribution in [0.4, 0.5) is 0 Å². The molecule has 0 aliphatic carbocycles. The van der Waals surface area contributed by atoms with E-state index < -0.39 is 10.0 Å². The summed E-state index contributed by atoms with van der Waals surface area (Å²) >= 11 is 3.34. The third-order valence-corrected chi connectivity index (χ3v) is 4.80. The van der Waals surface area contributed by atoms with Gasteiger partial charge in [0.05, 0.1) is 12.0 Å². The van der Waals surface area contributed by atoms with E-state index in [0.717, 1.165) is 4.47 Å². The summed E-state index contributed by atoms with van der Waals surface area (Å²) < 4.78 is 38.0. The number of ether oxygens (including phenoxy) is 2. The summed E-state index contributed by atoms with van der Waals surface area (Å²) in [4.78, 5) is 0.191. The van der Waals surface area contributed by atoms with Gasteiger partial charge in [0.1, 0.15) is 18.1 Å². The molecule has 5 nitrogen and oxygen atoms in total. The zero-order chi connectivity index (χ0) is 16.0. The molecule has 7 heteroatoms. The van der Waals surface area contributed by atoms with Gasteiger partial charge >= 0.3 is 0 Å². The minimum atomic E-state index is -3.54. The van der Waals surface area contributed by atoms with E-state index in [1.54, 1.807) is 12.1 Å². The summed E-state index contributed by atoms with van der Waals surface area (Å²) in [5, 5.41) is 0. The van der Waals surface area contributed by atoms with E-state index in [1.807, 2.05) is 24.3 Å². The Labute approximate surface area is 138 Å². The SMILES string of the molecule is COc1ccc(S(=O)(=O)NCCOc2cccc(Br)c2)cc1. The first-order valence-corrected chi connectivity index (χ1v) is 8.81. The molecule has 0 saturated heterocycles. The van der Waals surface area contributed by atoms with E-state index in [2.05, 4.69) is 20.7 Å². The lowest BCUT2D eigenvalue weighted by molar-refractivity contribution is 0.322. The monoisotopic (exact) mass is 385 g/mol. The van der Waals surface area contributed by atoms with Gasteiger partial charge in [0.25, 0.3) is 0 Å². The highest BCUT2D eigenvalue weighted by molar-refractivity contribution is 9.10. The van der Waals surface area contributed by atoms with Gasteiger partial charge in [-0.3, -0.25) is 0 Å². The lowest BCUT2D eigenvalue weighted by Gasteiger charge is -2.09. The smallest absolute Gasteiger partial charge is 0.240 e. The van der Waals surface area contributed by atoms with Gasteiger partial charge in [-0.1, -0.05) is 22.0 Å². The molecule has 2 aromatic carbocycles. The molecule has 1 N–H and O–H groups in total. The average Bonchev–Trinajstić information content (AvgIpc) is 2.52. The maximum atomic E-state index is 12.1. The van der Waals surface area contributed by atoms with Crippen LogP contribution >= 0.6 is 15.9 Å². The van der Waals surface area contributed by atoms with E-state index in [9.17, 15) is 8.42 Å². The van der Waals surface area contributed by atoms with Crippen LogP contribution in [0, 0.1) is 0 Å². The number of benzene rings is 2. The van der Waals surface area contributed by atoms with Crippen molar-refractivity contribution in [3.63, 3.8) is 0 Å². The lowest BCUT2D eigenvalue weighted by atomic mass is 10.3. The highest BCUT2D eigenvalue weighted by Crippen LogP contribution is 2.18. The Morgan fingerprint density at radius 2 is 1.82 bits per heavy atom. The maximum absolute atomic E-state index is 12.1. The Balaban J connectivity index is 1.87. The third-order valence-electron chi connectivity index (χ3n) is 2.83. The molecule has 0 aliphatic rings. The molecule has 0 heterocycles. The Morgan fingerprint density at radius 1 is 1.09 bits per heavy atom. The van der Waals surface area contributed by atoms with Gasteiger partial charge < -0.3 is 9.47 Å². The molecule has 0 saturated carbocycles. The second kappa shape index (κ2) is 7.62. The summed E-state index contributed by atoms with van der Waals surface area (Å²) in [6.45, 7) is 0.423. The minimum Gasteiger partial charge on any atom is -0.497 e. The van der Waals surface area contributed by atoms with Crippen LogP contribution in [0.15, 0.2) is 57.9 Å². The van der Waals surface area contributed by atoms with Gasteiger partial charge in [-0.15, -0.1) is 0 Å². The van der Waals surface area contributed by atoms with Gasteiger partial charge in [-0.05, 0) is 42.5 Å². The number of hydrogen-bond donors (Lipinski definition) is 1. The van der Waals surface area contributed by atoms with Crippen molar-refractivity contribution >= 4 is 26.0 Å². The van der Waals surface area contributed by atoms with Crippen LogP contribution in [0.3, 0.4) is 0 Å². The van der Waals surface area contributed by atoms with Gasteiger partial charge in [0, 0.05) is 11.0 Å². The zero-order valence-electron chi connectivity index (χ0n) is 12.0. The number of hydrogen-bond acceptors (Lipinski definition) is 4. The predicted molar refractivity (Wildman–Crippen MR) is 87.8 cm³/mol. The molecule has 118 valence electrons. The second-order valence-electron chi connectivity index (χ2n) is 4.38. The van der Waals surface area contributed by atoms with E-state index in [4.69, 9.17) is 9.47 Å².